The highest BCUT2D eigenvalue weighted by molar-refractivity contribution is 7.09. The molecule has 0 saturated heterocycles. The highest BCUT2D eigenvalue weighted by Crippen LogP contribution is 2.29. The summed E-state index contributed by atoms with van der Waals surface area (Å²) in [6.07, 6.45) is -0.748. The van der Waals surface area contributed by atoms with Crippen molar-refractivity contribution in [1.82, 2.24) is 4.98 Å². The molecule has 0 aliphatic rings. The summed E-state index contributed by atoms with van der Waals surface area (Å²) in [5.74, 6) is 0. The molecule has 0 saturated carbocycles. The Labute approximate surface area is 111 Å². The van der Waals surface area contributed by atoms with Crippen molar-refractivity contribution in [1.29, 1.82) is 0 Å². The topological polar surface area (TPSA) is 103 Å². The number of hydrogen-bond donors (Lipinski definition) is 1. The summed E-state index contributed by atoms with van der Waals surface area (Å²) < 4.78 is 4.80. The number of carboxylic acid groups (broad SMARTS) is 1. The molecule has 1 heterocycles. The smallest absolute Gasteiger partial charge is 0.450 e. The Hall–Kier alpha value is -2.48. The molecule has 1 atom stereocenters. The lowest BCUT2D eigenvalue weighted by Gasteiger charge is -2.14. The molecule has 0 amide bonds. The number of benzene rings is 1. The summed E-state index contributed by atoms with van der Waals surface area (Å²) in [6.45, 7) is 0. The molecule has 1 aromatic heterocycles. The summed E-state index contributed by atoms with van der Waals surface area (Å²) in [7, 11) is 0. The van der Waals surface area contributed by atoms with Crippen molar-refractivity contribution in [2.75, 3.05) is 0 Å². The minimum absolute atomic E-state index is 0.0675. The Morgan fingerprint density at radius 3 is 2.58 bits per heavy atom. The molecule has 1 aromatic carbocycles. The highest BCUT2D eigenvalue weighted by Gasteiger charge is 2.21. The van der Waals surface area contributed by atoms with E-state index in [9.17, 15) is 14.9 Å². The summed E-state index contributed by atoms with van der Waals surface area (Å²) >= 11 is 1.25. The highest BCUT2D eigenvalue weighted by atomic mass is 32.1. The van der Waals surface area contributed by atoms with Gasteiger partial charge in [-0.15, -0.1) is 11.3 Å². The zero-order valence-corrected chi connectivity index (χ0v) is 10.2. The number of ether oxygens (including phenoxy) is 1. The fourth-order valence-electron chi connectivity index (χ4n) is 1.52. The molecule has 0 bridgehead atoms. The number of nitrogens with zero attached hydrogens (tertiary/aromatic N) is 2. The largest absolute Gasteiger partial charge is 0.506 e. The van der Waals surface area contributed by atoms with Gasteiger partial charge >= 0.3 is 6.16 Å². The first kappa shape index (κ1) is 13.0. The van der Waals surface area contributed by atoms with Crippen molar-refractivity contribution in [2.24, 2.45) is 0 Å². The van der Waals surface area contributed by atoms with E-state index in [2.05, 4.69) is 4.98 Å². The number of carbonyl (C=O) groups is 1. The first-order valence-electron chi connectivity index (χ1n) is 5.10. The fraction of sp³-hybridized carbons (Fsp3) is 0.0909. The molecule has 2 aromatic rings. The van der Waals surface area contributed by atoms with E-state index in [0.717, 1.165) is 0 Å². The van der Waals surface area contributed by atoms with Gasteiger partial charge in [-0.2, -0.15) is 0 Å². The summed E-state index contributed by atoms with van der Waals surface area (Å²) in [6, 6.07) is 5.53. The van der Waals surface area contributed by atoms with Crippen LogP contribution in [0.15, 0.2) is 36.0 Å². The molecule has 0 aliphatic carbocycles. The number of thiazole rings is 1. The van der Waals surface area contributed by atoms with Gasteiger partial charge in [0.2, 0.25) is 0 Å². The van der Waals surface area contributed by atoms with Crippen LogP contribution in [0.5, 0.6) is 0 Å². The number of nitro benzene ring substituents is 1. The maximum Gasteiger partial charge on any atom is 0.506 e. The van der Waals surface area contributed by atoms with Crippen molar-refractivity contribution in [3.05, 3.63) is 56.5 Å². The molecular formula is C11H8N2O5S. The molecule has 19 heavy (non-hydrogen) atoms. The molecule has 0 radical (unpaired) electrons. The van der Waals surface area contributed by atoms with Crippen LogP contribution in [0.25, 0.3) is 0 Å². The Kier molecular flexibility index (Phi) is 3.71. The second-order valence-electron chi connectivity index (χ2n) is 3.52. The van der Waals surface area contributed by atoms with Crippen LogP contribution in [0.1, 0.15) is 16.5 Å². The number of rotatable bonds is 4. The fourth-order valence-corrected chi connectivity index (χ4v) is 2.19. The number of hydrogen-bond acceptors (Lipinski definition) is 6. The monoisotopic (exact) mass is 280 g/mol. The van der Waals surface area contributed by atoms with Gasteiger partial charge < -0.3 is 9.84 Å². The Morgan fingerprint density at radius 1 is 1.42 bits per heavy atom. The van der Waals surface area contributed by atoms with Gasteiger partial charge in [-0.05, 0) is 17.7 Å². The van der Waals surface area contributed by atoms with Crippen LogP contribution >= 0.6 is 11.3 Å². The van der Waals surface area contributed by atoms with Gasteiger partial charge in [-0.1, -0.05) is 0 Å². The molecule has 2 rings (SSSR count). The third-order valence-corrected chi connectivity index (χ3v) is 3.15. The van der Waals surface area contributed by atoms with Gasteiger partial charge in [0, 0.05) is 18.3 Å². The average molecular weight is 280 g/mol. The normalized spacial score (nSPS) is 11.8. The van der Waals surface area contributed by atoms with Gasteiger partial charge in [0.25, 0.3) is 5.69 Å². The van der Waals surface area contributed by atoms with Crippen molar-refractivity contribution >= 4 is 23.2 Å². The summed E-state index contributed by atoms with van der Waals surface area (Å²) in [5, 5.41) is 19.3. The maximum atomic E-state index is 10.7. The molecule has 0 spiro atoms. The van der Waals surface area contributed by atoms with Gasteiger partial charge in [0.05, 0.1) is 15.3 Å². The SMILES string of the molecule is O=C(O)OC(c1ccc([N+](=O)[O-])cc1)c1cncs1. The predicted molar refractivity (Wildman–Crippen MR) is 66.2 cm³/mol. The van der Waals surface area contributed by atoms with E-state index in [1.807, 2.05) is 0 Å². The number of aromatic nitrogens is 1. The minimum atomic E-state index is -1.42. The predicted octanol–water partition coefficient (Wildman–Crippen LogP) is 2.84. The zero-order valence-electron chi connectivity index (χ0n) is 9.42. The van der Waals surface area contributed by atoms with Crippen molar-refractivity contribution in [3.8, 4) is 0 Å². The van der Waals surface area contributed by atoms with Crippen LogP contribution in [0.4, 0.5) is 10.5 Å². The zero-order chi connectivity index (χ0) is 13.8. The van der Waals surface area contributed by atoms with E-state index >= 15 is 0 Å². The quantitative estimate of drug-likeness (QED) is 0.524. The van der Waals surface area contributed by atoms with Crippen molar-refractivity contribution < 1.29 is 19.6 Å². The first-order valence-corrected chi connectivity index (χ1v) is 5.98. The van der Waals surface area contributed by atoms with Crippen LogP contribution in [0.2, 0.25) is 0 Å². The number of non-ortho nitro benzene ring substituents is 1. The van der Waals surface area contributed by atoms with Crippen LogP contribution in [0, 0.1) is 10.1 Å². The van der Waals surface area contributed by atoms with E-state index < -0.39 is 17.2 Å². The second kappa shape index (κ2) is 5.44. The van der Waals surface area contributed by atoms with E-state index in [4.69, 9.17) is 9.84 Å². The third kappa shape index (κ3) is 3.05. The van der Waals surface area contributed by atoms with Gasteiger partial charge in [-0.3, -0.25) is 15.1 Å². The molecule has 7 nitrogen and oxygen atoms in total. The van der Waals surface area contributed by atoms with Crippen LogP contribution < -0.4 is 0 Å². The minimum Gasteiger partial charge on any atom is -0.450 e. The Bertz CT molecular complexity index is 582. The lowest BCUT2D eigenvalue weighted by molar-refractivity contribution is -0.384. The van der Waals surface area contributed by atoms with E-state index in [-0.39, 0.29) is 5.69 Å². The van der Waals surface area contributed by atoms with Gasteiger partial charge in [-0.25, -0.2) is 4.79 Å². The summed E-state index contributed by atoms with van der Waals surface area (Å²) in [4.78, 5) is 25.2. The number of nitro groups is 1. The van der Waals surface area contributed by atoms with E-state index in [1.165, 1.54) is 41.8 Å². The third-order valence-electron chi connectivity index (χ3n) is 2.34. The average Bonchev–Trinajstić information content (AvgIpc) is 2.89. The molecule has 8 heteroatoms. The molecule has 1 N–H and O–H groups in total. The molecular weight excluding hydrogens is 272 g/mol. The molecule has 98 valence electrons. The van der Waals surface area contributed by atoms with E-state index in [0.29, 0.717) is 10.4 Å². The lowest BCUT2D eigenvalue weighted by Crippen LogP contribution is -2.09. The second-order valence-corrected chi connectivity index (χ2v) is 4.43. The Balaban J connectivity index is 2.33. The maximum absolute atomic E-state index is 10.7. The molecule has 1 unspecified atom stereocenters. The van der Waals surface area contributed by atoms with Gasteiger partial charge in [0.1, 0.15) is 0 Å². The van der Waals surface area contributed by atoms with Crippen molar-refractivity contribution in [2.45, 2.75) is 6.10 Å². The lowest BCUT2D eigenvalue weighted by atomic mass is 10.1. The first-order chi connectivity index (χ1) is 9.08. The Morgan fingerprint density at radius 2 is 2.11 bits per heavy atom. The standard InChI is InChI=1S/C11H8N2O5S/c14-11(15)18-10(9-5-12-6-19-9)7-1-3-8(4-2-7)13(16)17/h1-6,10H,(H,14,15). The van der Waals surface area contributed by atoms with Crippen LogP contribution in [0.3, 0.4) is 0 Å². The van der Waals surface area contributed by atoms with Crippen molar-refractivity contribution in [3.63, 3.8) is 0 Å². The van der Waals surface area contributed by atoms with E-state index in [1.54, 1.807) is 5.51 Å². The molecule has 0 aliphatic heterocycles. The molecule has 0 fully saturated rings. The summed E-state index contributed by atoms with van der Waals surface area (Å²) in [5.41, 5.74) is 2.00. The van der Waals surface area contributed by atoms with Crippen LogP contribution in [-0.2, 0) is 4.74 Å². The van der Waals surface area contributed by atoms with Crippen LogP contribution in [-0.4, -0.2) is 21.2 Å². The van der Waals surface area contributed by atoms with Gasteiger partial charge in [0.15, 0.2) is 6.10 Å².